The van der Waals surface area contributed by atoms with Crippen LogP contribution >= 0.6 is 0 Å². The van der Waals surface area contributed by atoms with Gasteiger partial charge in [0, 0.05) is 31.7 Å². The monoisotopic (exact) mass is 333 g/mol. The van der Waals surface area contributed by atoms with Gasteiger partial charge in [-0.3, -0.25) is 9.59 Å². The van der Waals surface area contributed by atoms with Crippen molar-refractivity contribution in [2.75, 3.05) is 18.4 Å². The topological polar surface area (TPSA) is 98.7 Å². The number of rotatable bonds is 6. The van der Waals surface area contributed by atoms with Crippen molar-refractivity contribution < 1.29 is 19.5 Å². The Labute approximate surface area is 141 Å². The highest BCUT2D eigenvalue weighted by Crippen LogP contribution is 2.16. The van der Waals surface area contributed by atoms with E-state index in [2.05, 4.69) is 10.6 Å². The third kappa shape index (κ3) is 4.97. The minimum atomic E-state index is -0.856. The second-order valence-electron chi connectivity index (χ2n) is 5.92. The first kappa shape index (κ1) is 17.8. The van der Waals surface area contributed by atoms with Gasteiger partial charge in [0.25, 0.3) is 0 Å². The van der Waals surface area contributed by atoms with E-state index in [-0.39, 0.29) is 18.5 Å². The van der Waals surface area contributed by atoms with Crippen LogP contribution in [0.25, 0.3) is 0 Å². The summed E-state index contributed by atoms with van der Waals surface area (Å²) in [5.41, 5.74) is 1.64. The van der Waals surface area contributed by atoms with Crippen LogP contribution in [0, 0.1) is 5.92 Å². The van der Waals surface area contributed by atoms with E-state index in [1.165, 1.54) is 4.90 Å². The minimum Gasteiger partial charge on any atom is -0.481 e. The maximum Gasteiger partial charge on any atom is 0.317 e. The van der Waals surface area contributed by atoms with Gasteiger partial charge in [-0.25, -0.2) is 4.79 Å². The van der Waals surface area contributed by atoms with Crippen molar-refractivity contribution in [3.8, 4) is 0 Å². The van der Waals surface area contributed by atoms with E-state index in [9.17, 15) is 14.4 Å². The summed E-state index contributed by atoms with van der Waals surface area (Å²) in [5, 5.41) is 14.5. The molecular weight excluding hydrogens is 310 g/mol. The molecule has 3 amide bonds. The third-order valence-corrected chi connectivity index (χ3v) is 3.98. The number of urea groups is 1. The summed E-state index contributed by atoms with van der Waals surface area (Å²) >= 11 is 0. The molecule has 3 N–H and O–H groups in total. The molecule has 2 rings (SSSR count). The van der Waals surface area contributed by atoms with Gasteiger partial charge in [0.1, 0.15) is 0 Å². The van der Waals surface area contributed by atoms with Gasteiger partial charge in [0.2, 0.25) is 5.91 Å². The number of hydrogen-bond donors (Lipinski definition) is 3. The molecule has 1 fully saturated rings. The largest absolute Gasteiger partial charge is 0.481 e. The predicted octanol–water partition coefficient (Wildman–Crippen LogP) is 2.04. The Morgan fingerprint density at radius 2 is 1.96 bits per heavy atom. The van der Waals surface area contributed by atoms with Crippen LogP contribution in [0.4, 0.5) is 10.5 Å². The fraction of sp³-hybridized carbons (Fsp3) is 0.471. The summed E-state index contributed by atoms with van der Waals surface area (Å²) < 4.78 is 0. The number of carboxylic acid groups (broad SMARTS) is 1. The molecule has 0 aliphatic carbocycles. The van der Waals surface area contributed by atoms with Crippen molar-refractivity contribution >= 4 is 23.6 Å². The maximum atomic E-state index is 12.0. The quantitative estimate of drug-likeness (QED) is 0.742. The molecule has 130 valence electrons. The van der Waals surface area contributed by atoms with Gasteiger partial charge in [-0.05, 0) is 30.5 Å². The smallest absolute Gasteiger partial charge is 0.317 e. The Morgan fingerprint density at radius 3 is 2.54 bits per heavy atom. The van der Waals surface area contributed by atoms with Gasteiger partial charge < -0.3 is 20.6 Å². The molecule has 1 aliphatic rings. The van der Waals surface area contributed by atoms with E-state index < -0.39 is 11.9 Å². The van der Waals surface area contributed by atoms with Gasteiger partial charge in [0.05, 0.1) is 5.92 Å². The number of amides is 3. The average Bonchev–Trinajstić information content (AvgIpc) is 3.04. The number of benzene rings is 1. The van der Waals surface area contributed by atoms with E-state index in [0.717, 1.165) is 17.7 Å². The molecule has 0 saturated carbocycles. The first-order valence-corrected chi connectivity index (χ1v) is 8.14. The molecule has 0 bridgehead atoms. The van der Waals surface area contributed by atoms with Crippen LogP contribution in [0.2, 0.25) is 0 Å². The number of carboxylic acids is 1. The van der Waals surface area contributed by atoms with Gasteiger partial charge in [-0.15, -0.1) is 0 Å². The molecule has 0 spiro atoms. The van der Waals surface area contributed by atoms with Gasteiger partial charge in [-0.2, -0.15) is 0 Å². The number of nitrogens with zero attached hydrogens (tertiary/aromatic N) is 1. The summed E-state index contributed by atoms with van der Waals surface area (Å²) in [6.45, 7) is 3.02. The summed E-state index contributed by atoms with van der Waals surface area (Å²) in [4.78, 5) is 36.0. The van der Waals surface area contributed by atoms with E-state index in [1.807, 2.05) is 19.1 Å². The third-order valence-electron chi connectivity index (χ3n) is 3.98. The van der Waals surface area contributed by atoms with Gasteiger partial charge in [-0.1, -0.05) is 19.1 Å². The van der Waals surface area contributed by atoms with Crippen LogP contribution < -0.4 is 10.6 Å². The molecule has 24 heavy (non-hydrogen) atoms. The van der Waals surface area contributed by atoms with Crippen LogP contribution in [0.5, 0.6) is 0 Å². The van der Waals surface area contributed by atoms with Gasteiger partial charge >= 0.3 is 12.0 Å². The van der Waals surface area contributed by atoms with E-state index >= 15 is 0 Å². The normalized spacial score (nSPS) is 16.7. The molecule has 7 nitrogen and oxygen atoms in total. The van der Waals surface area contributed by atoms with Crippen molar-refractivity contribution in [3.63, 3.8) is 0 Å². The first-order chi connectivity index (χ1) is 11.5. The van der Waals surface area contributed by atoms with Crippen molar-refractivity contribution in [2.45, 2.75) is 32.7 Å². The molecule has 0 radical (unpaired) electrons. The lowest BCUT2D eigenvalue weighted by Crippen LogP contribution is -2.38. The predicted molar refractivity (Wildman–Crippen MR) is 89.5 cm³/mol. The molecule has 1 atom stereocenters. The Balaban J connectivity index is 1.79. The van der Waals surface area contributed by atoms with Crippen molar-refractivity contribution in [1.29, 1.82) is 0 Å². The zero-order chi connectivity index (χ0) is 17.5. The second-order valence-corrected chi connectivity index (χ2v) is 5.92. The van der Waals surface area contributed by atoms with Crippen LogP contribution in [0.15, 0.2) is 24.3 Å². The number of hydrogen-bond acceptors (Lipinski definition) is 3. The van der Waals surface area contributed by atoms with E-state index in [0.29, 0.717) is 25.9 Å². The highest BCUT2D eigenvalue weighted by molar-refractivity contribution is 5.90. The summed E-state index contributed by atoms with van der Waals surface area (Å²) in [5.74, 6) is -1.34. The molecule has 1 unspecified atom stereocenters. The second kappa shape index (κ2) is 8.33. The summed E-state index contributed by atoms with van der Waals surface area (Å²) in [7, 11) is 0. The summed E-state index contributed by atoms with van der Waals surface area (Å²) in [6, 6.07) is 7.02. The summed E-state index contributed by atoms with van der Waals surface area (Å²) in [6.07, 6.45) is 1.79. The lowest BCUT2D eigenvalue weighted by atomic mass is 10.1. The Hall–Kier alpha value is -2.57. The van der Waals surface area contributed by atoms with Crippen molar-refractivity contribution in [1.82, 2.24) is 10.2 Å². The van der Waals surface area contributed by atoms with Crippen LogP contribution in [0.3, 0.4) is 0 Å². The van der Waals surface area contributed by atoms with Gasteiger partial charge in [0.15, 0.2) is 0 Å². The molecular formula is C17H23N3O4. The molecule has 0 aromatic heterocycles. The molecule has 1 aromatic rings. The molecule has 1 aromatic carbocycles. The molecule has 1 aliphatic heterocycles. The number of anilines is 1. The van der Waals surface area contributed by atoms with E-state index in [4.69, 9.17) is 5.11 Å². The lowest BCUT2D eigenvalue weighted by Gasteiger charge is -2.16. The Bertz CT molecular complexity index is 600. The number of carbonyl (C=O) groups excluding carboxylic acids is 2. The van der Waals surface area contributed by atoms with E-state index in [1.54, 1.807) is 12.1 Å². The maximum absolute atomic E-state index is 12.0. The van der Waals surface area contributed by atoms with Crippen LogP contribution in [0.1, 0.15) is 31.7 Å². The Kier molecular flexibility index (Phi) is 6.17. The van der Waals surface area contributed by atoms with Crippen LogP contribution in [-0.4, -0.2) is 41.0 Å². The number of aliphatic carboxylic acids is 1. The average molecular weight is 333 g/mol. The molecule has 1 saturated heterocycles. The highest BCUT2D eigenvalue weighted by Gasteiger charge is 2.30. The lowest BCUT2D eigenvalue weighted by molar-refractivity contribution is -0.141. The number of likely N-dealkylation sites (tertiary alicyclic amines) is 1. The number of nitrogens with one attached hydrogen (secondary N) is 2. The first-order valence-electron chi connectivity index (χ1n) is 8.14. The minimum absolute atomic E-state index is 0.0134. The zero-order valence-electron chi connectivity index (χ0n) is 13.7. The highest BCUT2D eigenvalue weighted by atomic mass is 16.4. The fourth-order valence-electron chi connectivity index (χ4n) is 2.59. The fourth-order valence-corrected chi connectivity index (χ4v) is 2.59. The zero-order valence-corrected chi connectivity index (χ0v) is 13.7. The number of carbonyl (C=O) groups is 3. The standard InChI is InChI=1S/C17H23N3O4/c1-2-3-15(21)19-14-6-4-12(5-7-14)10-18-17(24)20-9-8-13(11-20)16(22)23/h4-7,13H,2-3,8-11H2,1H3,(H,18,24)(H,19,21)(H,22,23). The molecule has 7 heteroatoms. The van der Waals surface area contributed by atoms with Crippen molar-refractivity contribution in [2.24, 2.45) is 5.92 Å². The Morgan fingerprint density at radius 1 is 1.25 bits per heavy atom. The van der Waals surface area contributed by atoms with Crippen molar-refractivity contribution in [3.05, 3.63) is 29.8 Å². The molecule has 1 heterocycles. The SMILES string of the molecule is CCCC(=O)Nc1ccc(CNC(=O)N2CCC(C(=O)O)C2)cc1. The van der Waals surface area contributed by atoms with Crippen LogP contribution in [-0.2, 0) is 16.1 Å².